The molecule has 5 nitrogen and oxygen atoms in total. The standard InChI is InChI=1S/C18H21NO4/c1-17(2)11-8-9-18(10-11,15(17)21)16(22)19-13-7-5-4-6-12(13)14(20)23-3/h4-7,11H,8-10H2,1-3H3,(H,19,22)/t11-,18-/m0/s1. The van der Waals surface area contributed by atoms with E-state index in [1.807, 2.05) is 13.8 Å². The molecule has 2 aliphatic rings. The van der Waals surface area contributed by atoms with Crippen molar-refractivity contribution in [3.63, 3.8) is 0 Å². The van der Waals surface area contributed by atoms with Crippen LogP contribution in [0, 0.1) is 16.7 Å². The SMILES string of the molecule is COC(=O)c1ccccc1NC(=O)[C@@]12CC[C@@H](C1)C(C)(C)C2=O. The lowest BCUT2D eigenvalue weighted by molar-refractivity contribution is -0.142. The van der Waals surface area contributed by atoms with Gasteiger partial charge in [-0.05, 0) is 37.3 Å². The summed E-state index contributed by atoms with van der Waals surface area (Å²) < 4.78 is 4.74. The maximum atomic E-state index is 12.9. The average Bonchev–Trinajstić information content (AvgIpc) is 3.07. The molecule has 0 heterocycles. The molecule has 2 saturated carbocycles. The van der Waals surface area contributed by atoms with Crippen LogP contribution in [0.25, 0.3) is 0 Å². The van der Waals surface area contributed by atoms with Gasteiger partial charge in [-0.15, -0.1) is 0 Å². The van der Waals surface area contributed by atoms with E-state index in [-0.39, 0.29) is 17.6 Å². The van der Waals surface area contributed by atoms with Gasteiger partial charge >= 0.3 is 5.97 Å². The highest BCUT2D eigenvalue weighted by molar-refractivity contribution is 6.16. The molecule has 0 unspecified atom stereocenters. The summed E-state index contributed by atoms with van der Waals surface area (Å²) in [6.07, 6.45) is 2.09. The van der Waals surface area contributed by atoms with Crippen LogP contribution in [-0.4, -0.2) is 24.8 Å². The molecule has 5 heteroatoms. The first kappa shape index (κ1) is 15.7. The average molecular weight is 315 g/mol. The van der Waals surface area contributed by atoms with Crippen molar-refractivity contribution in [3.05, 3.63) is 29.8 Å². The van der Waals surface area contributed by atoms with Crippen molar-refractivity contribution in [2.24, 2.45) is 16.7 Å². The van der Waals surface area contributed by atoms with Gasteiger partial charge in [0.05, 0.1) is 18.4 Å². The van der Waals surface area contributed by atoms with E-state index in [1.165, 1.54) is 7.11 Å². The third kappa shape index (κ3) is 2.18. The Kier molecular flexibility index (Phi) is 3.54. The number of anilines is 1. The van der Waals surface area contributed by atoms with Crippen LogP contribution in [0.1, 0.15) is 43.5 Å². The van der Waals surface area contributed by atoms with Crippen LogP contribution in [0.15, 0.2) is 24.3 Å². The smallest absolute Gasteiger partial charge is 0.339 e. The number of hydrogen-bond acceptors (Lipinski definition) is 4. The molecule has 1 aromatic rings. The number of carbonyl (C=O) groups is 3. The summed E-state index contributed by atoms with van der Waals surface area (Å²) in [5.74, 6) is -0.529. The predicted octanol–water partition coefficient (Wildman–Crippen LogP) is 2.81. The predicted molar refractivity (Wildman–Crippen MR) is 85.0 cm³/mol. The quantitative estimate of drug-likeness (QED) is 0.687. The van der Waals surface area contributed by atoms with Crippen LogP contribution in [-0.2, 0) is 14.3 Å². The number of amides is 1. The van der Waals surface area contributed by atoms with Gasteiger partial charge in [0.15, 0.2) is 5.78 Å². The van der Waals surface area contributed by atoms with Crippen LogP contribution in [0.4, 0.5) is 5.69 Å². The third-order valence-electron chi connectivity index (χ3n) is 5.57. The largest absolute Gasteiger partial charge is 0.465 e. The minimum absolute atomic E-state index is 0.0225. The fourth-order valence-corrected chi connectivity index (χ4v) is 4.10. The van der Waals surface area contributed by atoms with Gasteiger partial charge in [0, 0.05) is 5.41 Å². The first-order valence-corrected chi connectivity index (χ1v) is 7.86. The molecule has 1 aromatic carbocycles. The highest BCUT2D eigenvalue weighted by Crippen LogP contribution is 2.60. The zero-order chi connectivity index (χ0) is 16.8. The lowest BCUT2D eigenvalue weighted by atomic mass is 9.70. The number of benzene rings is 1. The zero-order valence-electron chi connectivity index (χ0n) is 13.6. The van der Waals surface area contributed by atoms with Crippen LogP contribution in [0.5, 0.6) is 0 Å². The summed E-state index contributed by atoms with van der Waals surface area (Å²) in [6.45, 7) is 3.85. The Bertz CT molecular complexity index is 694. The van der Waals surface area contributed by atoms with Gasteiger partial charge in [0.25, 0.3) is 0 Å². The Hall–Kier alpha value is -2.17. The molecule has 23 heavy (non-hydrogen) atoms. The fraction of sp³-hybridized carbons (Fsp3) is 0.500. The van der Waals surface area contributed by atoms with Crippen molar-refractivity contribution in [2.45, 2.75) is 33.1 Å². The number of methoxy groups -OCH3 is 1. The lowest BCUT2D eigenvalue weighted by Crippen LogP contribution is -2.44. The van der Waals surface area contributed by atoms with Crippen LogP contribution >= 0.6 is 0 Å². The number of fused-ring (bicyclic) bond motifs is 2. The van der Waals surface area contributed by atoms with Crippen LogP contribution < -0.4 is 5.32 Å². The summed E-state index contributed by atoms with van der Waals surface area (Å²) in [4.78, 5) is 37.5. The monoisotopic (exact) mass is 315 g/mol. The molecule has 1 amide bonds. The van der Waals surface area contributed by atoms with Gasteiger partial charge in [-0.3, -0.25) is 9.59 Å². The van der Waals surface area contributed by atoms with Crippen LogP contribution in [0.3, 0.4) is 0 Å². The van der Waals surface area contributed by atoms with Gasteiger partial charge < -0.3 is 10.1 Å². The van der Waals surface area contributed by atoms with E-state index in [0.29, 0.717) is 24.1 Å². The molecule has 2 bridgehead atoms. The summed E-state index contributed by atoms with van der Waals surface area (Å²) in [6, 6.07) is 6.68. The maximum Gasteiger partial charge on any atom is 0.339 e. The Morgan fingerprint density at radius 2 is 1.96 bits per heavy atom. The van der Waals surface area contributed by atoms with Gasteiger partial charge in [0.1, 0.15) is 5.41 Å². The van der Waals surface area contributed by atoms with E-state index < -0.39 is 16.8 Å². The van der Waals surface area contributed by atoms with Crippen molar-refractivity contribution >= 4 is 23.3 Å². The molecular weight excluding hydrogens is 294 g/mol. The van der Waals surface area contributed by atoms with Crippen molar-refractivity contribution in [3.8, 4) is 0 Å². The van der Waals surface area contributed by atoms with E-state index in [0.717, 1.165) is 6.42 Å². The van der Waals surface area contributed by atoms with Gasteiger partial charge in [0.2, 0.25) is 5.91 Å². The van der Waals surface area contributed by atoms with Crippen molar-refractivity contribution in [1.82, 2.24) is 0 Å². The summed E-state index contributed by atoms with van der Waals surface area (Å²) in [5.41, 5.74) is -0.715. The molecule has 0 spiro atoms. The Balaban J connectivity index is 1.89. The molecule has 2 aliphatic carbocycles. The minimum Gasteiger partial charge on any atom is -0.465 e. The number of ketones is 1. The number of Topliss-reactive ketones (excluding diaryl/α,β-unsaturated/α-hetero) is 1. The second-order valence-corrected chi connectivity index (χ2v) is 7.06. The molecule has 3 rings (SSSR count). The maximum absolute atomic E-state index is 12.9. The fourth-order valence-electron chi connectivity index (χ4n) is 4.10. The molecule has 0 radical (unpaired) electrons. The van der Waals surface area contributed by atoms with Crippen molar-refractivity contribution in [2.75, 3.05) is 12.4 Å². The lowest BCUT2D eigenvalue weighted by Gasteiger charge is -2.32. The Labute approximate surface area is 135 Å². The Morgan fingerprint density at radius 1 is 1.26 bits per heavy atom. The molecule has 1 N–H and O–H groups in total. The summed E-state index contributed by atoms with van der Waals surface area (Å²) in [7, 11) is 1.30. The number of rotatable bonds is 3. The molecule has 2 atom stereocenters. The molecule has 0 saturated heterocycles. The van der Waals surface area contributed by atoms with E-state index in [9.17, 15) is 14.4 Å². The van der Waals surface area contributed by atoms with Crippen molar-refractivity contribution in [1.29, 1.82) is 0 Å². The number of hydrogen-bond donors (Lipinski definition) is 1. The van der Waals surface area contributed by atoms with Crippen molar-refractivity contribution < 1.29 is 19.1 Å². The first-order valence-electron chi connectivity index (χ1n) is 7.86. The number of ether oxygens (including phenoxy) is 1. The molecular formula is C18H21NO4. The number of esters is 1. The van der Waals surface area contributed by atoms with Gasteiger partial charge in [-0.25, -0.2) is 4.79 Å². The van der Waals surface area contributed by atoms with E-state index in [2.05, 4.69) is 5.32 Å². The van der Waals surface area contributed by atoms with Gasteiger partial charge in [-0.1, -0.05) is 26.0 Å². The highest BCUT2D eigenvalue weighted by Gasteiger charge is 2.65. The highest BCUT2D eigenvalue weighted by atomic mass is 16.5. The second-order valence-electron chi connectivity index (χ2n) is 7.06. The molecule has 0 aliphatic heterocycles. The summed E-state index contributed by atoms with van der Waals surface area (Å²) in [5, 5.41) is 2.79. The zero-order valence-corrected chi connectivity index (χ0v) is 13.6. The minimum atomic E-state index is -0.947. The third-order valence-corrected chi connectivity index (χ3v) is 5.57. The van der Waals surface area contributed by atoms with E-state index in [4.69, 9.17) is 4.74 Å². The Morgan fingerprint density at radius 3 is 2.57 bits per heavy atom. The number of para-hydroxylation sites is 1. The number of nitrogens with one attached hydrogen (secondary N) is 1. The molecule has 122 valence electrons. The second kappa shape index (κ2) is 5.18. The topological polar surface area (TPSA) is 72.5 Å². The first-order chi connectivity index (χ1) is 10.8. The van der Waals surface area contributed by atoms with E-state index in [1.54, 1.807) is 24.3 Å². The van der Waals surface area contributed by atoms with Gasteiger partial charge in [-0.2, -0.15) is 0 Å². The normalized spacial score (nSPS) is 27.8. The number of carbonyl (C=O) groups excluding carboxylic acids is 3. The molecule has 0 aromatic heterocycles. The van der Waals surface area contributed by atoms with E-state index >= 15 is 0 Å². The summed E-state index contributed by atoms with van der Waals surface area (Å²) >= 11 is 0. The van der Waals surface area contributed by atoms with Crippen LogP contribution in [0.2, 0.25) is 0 Å². The molecule has 2 fully saturated rings.